The first kappa shape index (κ1) is 17.4. The van der Waals surface area contributed by atoms with Gasteiger partial charge in [-0.1, -0.05) is 6.07 Å². The van der Waals surface area contributed by atoms with Crippen LogP contribution >= 0.6 is 0 Å². The fourth-order valence-electron chi connectivity index (χ4n) is 3.65. The van der Waals surface area contributed by atoms with E-state index in [0.29, 0.717) is 31.2 Å². The van der Waals surface area contributed by atoms with Crippen LogP contribution in [0.1, 0.15) is 47.8 Å². The Morgan fingerprint density at radius 2 is 2.04 bits per heavy atom. The first-order valence-corrected chi connectivity index (χ1v) is 9.34. The van der Waals surface area contributed by atoms with Crippen molar-refractivity contribution in [1.82, 2.24) is 34.2 Å². The molecule has 1 aliphatic rings. The molecule has 0 aromatic carbocycles. The van der Waals surface area contributed by atoms with Gasteiger partial charge in [-0.25, -0.2) is 4.98 Å². The Kier molecular flexibility index (Phi) is 4.95. The molecule has 1 saturated heterocycles. The highest BCUT2D eigenvalue weighted by Crippen LogP contribution is 2.28. The summed E-state index contributed by atoms with van der Waals surface area (Å²) in [6, 6.07) is 5.44. The van der Waals surface area contributed by atoms with Crippen molar-refractivity contribution in [2.75, 3.05) is 13.1 Å². The zero-order valence-electron chi connectivity index (χ0n) is 15.4. The number of aromatic nitrogens is 6. The number of nitrogens with zero attached hydrogens (tertiary/aromatic N) is 7. The van der Waals surface area contributed by atoms with Crippen molar-refractivity contribution in [3.8, 4) is 0 Å². The molecule has 8 heteroatoms. The maximum atomic E-state index is 12.6. The lowest BCUT2D eigenvalue weighted by molar-refractivity contribution is 0.0704. The van der Waals surface area contributed by atoms with E-state index in [-0.39, 0.29) is 5.91 Å². The van der Waals surface area contributed by atoms with Gasteiger partial charge < -0.3 is 14.0 Å². The van der Waals surface area contributed by atoms with Crippen LogP contribution in [0.5, 0.6) is 0 Å². The van der Waals surface area contributed by atoms with Crippen LogP contribution in [0.15, 0.2) is 43.1 Å². The third-order valence-electron chi connectivity index (χ3n) is 5.09. The van der Waals surface area contributed by atoms with Gasteiger partial charge in [0.25, 0.3) is 5.91 Å². The van der Waals surface area contributed by atoms with E-state index in [2.05, 4.69) is 31.7 Å². The zero-order chi connectivity index (χ0) is 18.6. The largest absolute Gasteiger partial charge is 0.337 e. The normalized spacial score (nSPS) is 15.2. The molecule has 140 valence electrons. The molecule has 0 radical (unpaired) electrons. The van der Waals surface area contributed by atoms with Gasteiger partial charge in [0, 0.05) is 44.1 Å². The van der Waals surface area contributed by atoms with Crippen molar-refractivity contribution in [3.05, 3.63) is 60.5 Å². The lowest BCUT2D eigenvalue weighted by atomic mass is 9.95. The average molecular weight is 365 g/mol. The Hall–Kier alpha value is -3.03. The quantitative estimate of drug-likeness (QED) is 0.690. The molecule has 1 aliphatic heterocycles. The monoisotopic (exact) mass is 365 g/mol. The summed E-state index contributed by atoms with van der Waals surface area (Å²) in [4.78, 5) is 22.7. The maximum absolute atomic E-state index is 12.6. The third-order valence-corrected chi connectivity index (χ3v) is 5.09. The molecule has 0 spiro atoms. The number of pyridine rings is 1. The Bertz CT molecular complexity index is 880. The van der Waals surface area contributed by atoms with Crippen molar-refractivity contribution in [1.29, 1.82) is 0 Å². The van der Waals surface area contributed by atoms with E-state index < -0.39 is 0 Å². The second-order valence-corrected chi connectivity index (χ2v) is 6.74. The Morgan fingerprint density at radius 1 is 1.19 bits per heavy atom. The highest BCUT2D eigenvalue weighted by atomic mass is 16.2. The molecule has 8 nitrogen and oxygen atoms in total. The summed E-state index contributed by atoms with van der Waals surface area (Å²) in [5.74, 6) is 2.30. The van der Waals surface area contributed by atoms with E-state index >= 15 is 0 Å². The van der Waals surface area contributed by atoms with Crippen LogP contribution in [-0.4, -0.2) is 53.2 Å². The number of rotatable bonds is 5. The van der Waals surface area contributed by atoms with Gasteiger partial charge in [0.1, 0.15) is 11.5 Å². The number of hydrogen-bond donors (Lipinski definition) is 0. The Labute approximate surface area is 157 Å². The van der Waals surface area contributed by atoms with Gasteiger partial charge in [-0.05, 0) is 31.9 Å². The molecule has 0 bridgehead atoms. The molecular formula is C19H23N7O. The minimum atomic E-state index is 0.00630. The SMILES string of the molecule is CCn1c(Cn2ccnc2)nnc1C1CCN(C(=O)c2ccccn2)CC1. The van der Waals surface area contributed by atoms with Crippen LogP contribution in [0, 0.1) is 0 Å². The van der Waals surface area contributed by atoms with E-state index in [0.717, 1.165) is 31.0 Å². The van der Waals surface area contributed by atoms with Crippen LogP contribution in [-0.2, 0) is 13.1 Å². The number of piperidine rings is 1. The number of carbonyl (C=O) groups excluding carboxylic acids is 1. The van der Waals surface area contributed by atoms with Crippen molar-refractivity contribution in [2.24, 2.45) is 0 Å². The summed E-state index contributed by atoms with van der Waals surface area (Å²) in [6.07, 6.45) is 8.92. The molecular weight excluding hydrogens is 342 g/mol. The standard InChI is InChI=1S/C19H23N7O/c1-2-26-17(13-24-12-9-20-14-24)22-23-18(26)15-6-10-25(11-7-15)19(27)16-5-3-4-8-21-16/h3-5,8-9,12,14-15H,2,6-7,10-11,13H2,1H3. The van der Waals surface area contributed by atoms with Crippen LogP contribution in [0.2, 0.25) is 0 Å². The molecule has 0 saturated carbocycles. The second-order valence-electron chi connectivity index (χ2n) is 6.74. The van der Waals surface area contributed by atoms with Crippen molar-refractivity contribution in [3.63, 3.8) is 0 Å². The zero-order valence-corrected chi connectivity index (χ0v) is 15.4. The molecule has 4 rings (SSSR count). The highest BCUT2D eigenvalue weighted by Gasteiger charge is 2.28. The molecule has 4 heterocycles. The molecule has 0 atom stereocenters. The topological polar surface area (TPSA) is 81.7 Å². The Balaban J connectivity index is 1.44. The number of hydrogen-bond acceptors (Lipinski definition) is 5. The minimum Gasteiger partial charge on any atom is -0.337 e. The summed E-state index contributed by atoms with van der Waals surface area (Å²) in [5.41, 5.74) is 0.510. The number of imidazole rings is 1. The summed E-state index contributed by atoms with van der Waals surface area (Å²) in [7, 11) is 0. The number of amides is 1. The predicted molar refractivity (Wildman–Crippen MR) is 99.1 cm³/mol. The van der Waals surface area contributed by atoms with E-state index in [1.54, 1.807) is 24.8 Å². The van der Waals surface area contributed by atoms with Crippen molar-refractivity contribution in [2.45, 2.75) is 38.8 Å². The van der Waals surface area contributed by atoms with Gasteiger partial charge in [0.05, 0.1) is 12.9 Å². The second kappa shape index (κ2) is 7.69. The lowest BCUT2D eigenvalue weighted by Gasteiger charge is -2.31. The Morgan fingerprint density at radius 3 is 2.70 bits per heavy atom. The predicted octanol–water partition coefficient (Wildman–Crippen LogP) is 1.96. The van der Waals surface area contributed by atoms with Gasteiger partial charge >= 0.3 is 0 Å². The summed E-state index contributed by atoms with van der Waals surface area (Å²) < 4.78 is 4.19. The molecule has 0 unspecified atom stereocenters. The van der Waals surface area contributed by atoms with Gasteiger partial charge in [-0.2, -0.15) is 0 Å². The molecule has 0 N–H and O–H groups in total. The summed E-state index contributed by atoms with van der Waals surface area (Å²) in [6.45, 7) is 5.04. The molecule has 1 fully saturated rings. The van der Waals surface area contributed by atoms with E-state index in [4.69, 9.17) is 0 Å². The van der Waals surface area contributed by atoms with Gasteiger partial charge in [0.15, 0.2) is 5.82 Å². The van der Waals surface area contributed by atoms with Gasteiger partial charge in [-0.15, -0.1) is 10.2 Å². The van der Waals surface area contributed by atoms with E-state index in [1.807, 2.05) is 27.8 Å². The molecule has 3 aromatic rings. The molecule has 3 aromatic heterocycles. The van der Waals surface area contributed by atoms with Crippen molar-refractivity contribution >= 4 is 5.91 Å². The van der Waals surface area contributed by atoms with Gasteiger partial charge in [-0.3, -0.25) is 9.78 Å². The fraction of sp³-hybridized carbons (Fsp3) is 0.421. The van der Waals surface area contributed by atoms with Crippen LogP contribution in [0.4, 0.5) is 0 Å². The molecule has 1 amide bonds. The summed E-state index contributed by atoms with van der Waals surface area (Å²) >= 11 is 0. The van der Waals surface area contributed by atoms with E-state index in [1.165, 1.54) is 0 Å². The smallest absolute Gasteiger partial charge is 0.272 e. The summed E-state index contributed by atoms with van der Waals surface area (Å²) in [5, 5.41) is 8.90. The highest BCUT2D eigenvalue weighted by molar-refractivity contribution is 5.92. The van der Waals surface area contributed by atoms with E-state index in [9.17, 15) is 4.79 Å². The molecule has 27 heavy (non-hydrogen) atoms. The average Bonchev–Trinajstić information content (AvgIpc) is 3.38. The number of likely N-dealkylation sites (tertiary alicyclic amines) is 1. The first-order chi connectivity index (χ1) is 13.3. The lowest BCUT2D eigenvalue weighted by Crippen LogP contribution is -2.38. The minimum absolute atomic E-state index is 0.00630. The molecule has 0 aliphatic carbocycles. The third kappa shape index (κ3) is 3.60. The maximum Gasteiger partial charge on any atom is 0.272 e. The first-order valence-electron chi connectivity index (χ1n) is 9.34. The van der Waals surface area contributed by atoms with Crippen LogP contribution in [0.25, 0.3) is 0 Å². The van der Waals surface area contributed by atoms with Gasteiger partial charge in [0.2, 0.25) is 0 Å². The number of carbonyl (C=O) groups is 1. The fourth-order valence-corrected chi connectivity index (χ4v) is 3.65. The van der Waals surface area contributed by atoms with Crippen LogP contribution in [0.3, 0.4) is 0 Å². The van der Waals surface area contributed by atoms with Crippen LogP contribution < -0.4 is 0 Å². The van der Waals surface area contributed by atoms with Crippen molar-refractivity contribution < 1.29 is 4.79 Å².